The number of aromatic nitrogens is 4. The summed E-state index contributed by atoms with van der Waals surface area (Å²) in [6.45, 7) is 1.58. The standard InChI is InChI=1S/C17H15N5O5/c1-2-12-11(6-18-17-19-8-20-22(12)17)16(24)25-7-15(23)21-10-3-4-13-14(5-10)27-9-26-13/h3-6,8H,2,7,9H2,1H3,(H,21,23). The number of aryl methyl sites for hydroxylation is 1. The topological polar surface area (TPSA) is 117 Å². The highest BCUT2D eigenvalue weighted by molar-refractivity contribution is 5.96. The zero-order valence-corrected chi connectivity index (χ0v) is 14.3. The number of amides is 1. The molecule has 0 atom stereocenters. The van der Waals surface area contributed by atoms with Gasteiger partial charge in [0.25, 0.3) is 11.7 Å². The lowest BCUT2D eigenvalue weighted by Gasteiger charge is -2.10. The fourth-order valence-electron chi connectivity index (χ4n) is 2.72. The number of fused-ring (bicyclic) bond motifs is 2. The van der Waals surface area contributed by atoms with Crippen LogP contribution in [0, 0.1) is 0 Å². The minimum absolute atomic E-state index is 0.147. The van der Waals surface area contributed by atoms with E-state index in [1.165, 1.54) is 17.0 Å². The van der Waals surface area contributed by atoms with E-state index in [1.54, 1.807) is 18.2 Å². The molecule has 1 N–H and O–H groups in total. The Labute approximate surface area is 153 Å². The third-order valence-electron chi connectivity index (χ3n) is 3.95. The number of hydrogen-bond donors (Lipinski definition) is 1. The molecule has 0 saturated carbocycles. The van der Waals surface area contributed by atoms with Crippen LogP contribution in [0.1, 0.15) is 23.0 Å². The maximum atomic E-state index is 12.4. The van der Waals surface area contributed by atoms with E-state index in [2.05, 4.69) is 20.4 Å². The van der Waals surface area contributed by atoms with Crippen LogP contribution in [0.4, 0.5) is 5.69 Å². The van der Waals surface area contributed by atoms with E-state index in [0.29, 0.717) is 35.1 Å². The van der Waals surface area contributed by atoms with Crippen molar-refractivity contribution >= 4 is 23.3 Å². The van der Waals surface area contributed by atoms with Gasteiger partial charge in [-0.05, 0) is 18.6 Å². The van der Waals surface area contributed by atoms with Crippen LogP contribution in [-0.2, 0) is 16.0 Å². The van der Waals surface area contributed by atoms with Gasteiger partial charge < -0.3 is 19.5 Å². The van der Waals surface area contributed by atoms with Gasteiger partial charge in [0.05, 0.1) is 11.3 Å². The molecule has 3 aromatic rings. The van der Waals surface area contributed by atoms with Crippen molar-refractivity contribution < 1.29 is 23.8 Å². The first-order valence-corrected chi connectivity index (χ1v) is 8.20. The molecule has 0 radical (unpaired) electrons. The van der Waals surface area contributed by atoms with Crippen molar-refractivity contribution in [1.82, 2.24) is 19.6 Å². The van der Waals surface area contributed by atoms with Crippen LogP contribution in [0.15, 0.2) is 30.7 Å². The molecule has 1 aliphatic rings. The molecule has 138 valence electrons. The van der Waals surface area contributed by atoms with Crippen LogP contribution in [0.5, 0.6) is 11.5 Å². The molecule has 27 heavy (non-hydrogen) atoms. The first-order chi connectivity index (χ1) is 13.2. The van der Waals surface area contributed by atoms with Crippen molar-refractivity contribution in [1.29, 1.82) is 0 Å². The molecule has 10 heteroatoms. The quantitative estimate of drug-likeness (QED) is 0.667. The van der Waals surface area contributed by atoms with E-state index in [0.717, 1.165) is 0 Å². The molecule has 0 bridgehead atoms. The van der Waals surface area contributed by atoms with Gasteiger partial charge in [0.1, 0.15) is 6.33 Å². The molecule has 0 fully saturated rings. The van der Waals surface area contributed by atoms with Gasteiger partial charge >= 0.3 is 5.97 Å². The summed E-state index contributed by atoms with van der Waals surface area (Å²) in [4.78, 5) is 32.5. The third-order valence-corrected chi connectivity index (χ3v) is 3.95. The number of benzene rings is 1. The molecule has 4 rings (SSSR count). The molecule has 0 saturated heterocycles. The molecule has 0 aliphatic carbocycles. The van der Waals surface area contributed by atoms with Crippen LogP contribution >= 0.6 is 0 Å². The molecular weight excluding hydrogens is 354 g/mol. The lowest BCUT2D eigenvalue weighted by molar-refractivity contribution is -0.119. The molecule has 0 spiro atoms. The summed E-state index contributed by atoms with van der Waals surface area (Å²) in [6.07, 6.45) is 3.26. The third kappa shape index (κ3) is 3.24. The van der Waals surface area contributed by atoms with Gasteiger partial charge in [-0.15, -0.1) is 0 Å². The first-order valence-electron chi connectivity index (χ1n) is 8.20. The zero-order valence-electron chi connectivity index (χ0n) is 14.3. The van der Waals surface area contributed by atoms with Crippen LogP contribution in [0.3, 0.4) is 0 Å². The Balaban J connectivity index is 1.41. The maximum absolute atomic E-state index is 12.4. The fourth-order valence-corrected chi connectivity index (χ4v) is 2.72. The van der Waals surface area contributed by atoms with Crippen LogP contribution < -0.4 is 14.8 Å². The van der Waals surface area contributed by atoms with Crippen LogP contribution in [0.2, 0.25) is 0 Å². The van der Waals surface area contributed by atoms with Crippen LogP contribution in [0.25, 0.3) is 5.78 Å². The predicted octanol–water partition coefficient (Wildman–Crippen LogP) is 1.21. The highest BCUT2D eigenvalue weighted by Crippen LogP contribution is 2.34. The molecule has 1 amide bonds. The second kappa shape index (κ2) is 6.90. The number of anilines is 1. The zero-order chi connectivity index (χ0) is 18.8. The summed E-state index contributed by atoms with van der Waals surface area (Å²) in [7, 11) is 0. The minimum Gasteiger partial charge on any atom is -0.454 e. The van der Waals surface area contributed by atoms with E-state index in [1.807, 2.05) is 6.92 Å². The number of ether oxygens (including phenoxy) is 3. The minimum atomic E-state index is -0.655. The first kappa shape index (κ1) is 16.8. The van der Waals surface area contributed by atoms with E-state index in [4.69, 9.17) is 14.2 Å². The Morgan fingerprint density at radius 3 is 2.96 bits per heavy atom. The molecule has 10 nitrogen and oxygen atoms in total. The number of nitrogens with one attached hydrogen (secondary N) is 1. The van der Waals surface area contributed by atoms with Crippen molar-refractivity contribution in [3.05, 3.63) is 42.0 Å². The normalized spacial score (nSPS) is 12.2. The number of carbonyl (C=O) groups is 2. The summed E-state index contributed by atoms with van der Waals surface area (Å²) in [5, 5.41) is 6.68. The fraction of sp³-hybridized carbons (Fsp3) is 0.235. The van der Waals surface area contributed by atoms with Gasteiger partial charge in [0, 0.05) is 18.0 Å². The molecule has 3 heterocycles. The summed E-state index contributed by atoms with van der Waals surface area (Å²) < 4.78 is 17.1. The number of esters is 1. The van der Waals surface area contributed by atoms with Crippen molar-refractivity contribution in [2.45, 2.75) is 13.3 Å². The number of hydrogen-bond acceptors (Lipinski definition) is 8. The Kier molecular flexibility index (Phi) is 4.29. The molecule has 1 aliphatic heterocycles. The van der Waals surface area contributed by atoms with E-state index < -0.39 is 18.5 Å². The van der Waals surface area contributed by atoms with E-state index in [9.17, 15) is 9.59 Å². The Morgan fingerprint density at radius 1 is 1.26 bits per heavy atom. The van der Waals surface area contributed by atoms with Gasteiger partial charge in [-0.2, -0.15) is 10.1 Å². The van der Waals surface area contributed by atoms with Crippen molar-refractivity contribution in [3.8, 4) is 11.5 Å². The van der Waals surface area contributed by atoms with Crippen molar-refractivity contribution in [2.75, 3.05) is 18.7 Å². The Hall–Kier alpha value is -3.69. The average molecular weight is 369 g/mol. The molecule has 2 aromatic heterocycles. The highest BCUT2D eigenvalue weighted by atomic mass is 16.7. The van der Waals surface area contributed by atoms with Gasteiger partial charge in [0.2, 0.25) is 6.79 Å². The second-order valence-corrected chi connectivity index (χ2v) is 5.64. The number of nitrogens with zero attached hydrogens (tertiary/aromatic N) is 4. The Morgan fingerprint density at radius 2 is 2.11 bits per heavy atom. The average Bonchev–Trinajstić information content (AvgIpc) is 3.33. The lowest BCUT2D eigenvalue weighted by atomic mass is 10.2. The van der Waals surface area contributed by atoms with Gasteiger partial charge in [0.15, 0.2) is 18.1 Å². The van der Waals surface area contributed by atoms with Crippen molar-refractivity contribution in [2.24, 2.45) is 0 Å². The molecule has 0 unspecified atom stereocenters. The van der Waals surface area contributed by atoms with E-state index >= 15 is 0 Å². The van der Waals surface area contributed by atoms with Crippen molar-refractivity contribution in [3.63, 3.8) is 0 Å². The molecular formula is C17H15N5O5. The summed E-state index contributed by atoms with van der Waals surface area (Å²) in [6, 6.07) is 5.00. The Bertz CT molecular complexity index is 1030. The highest BCUT2D eigenvalue weighted by Gasteiger charge is 2.19. The van der Waals surface area contributed by atoms with Gasteiger partial charge in [-0.25, -0.2) is 14.3 Å². The molecule has 1 aromatic carbocycles. The predicted molar refractivity (Wildman–Crippen MR) is 91.6 cm³/mol. The summed E-state index contributed by atoms with van der Waals surface area (Å²) >= 11 is 0. The lowest BCUT2D eigenvalue weighted by Crippen LogP contribution is -2.22. The largest absolute Gasteiger partial charge is 0.454 e. The van der Waals surface area contributed by atoms with E-state index in [-0.39, 0.29) is 12.4 Å². The van der Waals surface area contributed by atoms with Gasteiger partial charge in [-0.1, -0.05) is 6.92 Å². The maximum Gasteiger partial charge on any atom is 0.342 e. The smallest absolute Gasteiger partial charge is 0.342 e. The number of carbonyl (C=O) groups excluding carboxylic acids is 2. The number of rotatable bonds is 5. The second-order valence-electron chi connectivity index (χ2n) is 5.64. The summed E-state index contributed by atoms with van der Waals surface area (Å²) in [5.74, 6) is 0.420. The van der Waals surface area contributed by atoms with Gasteiger partial charge in [-0.3, -0.25) is 4.79 Å². The summed E-state index contributed by atoms with van der Waals surface area (Å²) in [5.41, 5.74) is 1.37. The van der Waals surface area contributed by atoms with Crippen LogP contribution in [-0.4, -0.2) is 44.9 Å². The monoisotopic (exact) mass is 369 g/mol. The SMILES string of the molecule is CCc1c(C(=O)OCC(=O)Nc2ccc3c(c2)OCO3)cnc2ncnn12.